The average molecular weight is 193 g/mol. The van der Waals surface area contributed by atoms with Gasteiger partial charge < -0.3 is 10.5 Å². The quantitative estimate of drug-likeness (QED) is 0.597. The second-order valence-electron chi connectivity index (χ2n) is 3.34. The summed E-state index contributed by atoms with van der Waals surface area (Å²) in [6, 6.07) is 5.72. The van der Waals surface area contributed by atoms with Gasteiger partial charge in [-0.1, -0.05) is 6.07 Å². The molecule has 1 fully saturated rings. The molecule has 0 spiro atoms. The summed E-state index contributed by atoms with van der Waals surface area (Å²) in [5.74, 6) is 0.830. The first-order chi connectivity index (χ1) is 6.81. The zero-order chi connectivity index (χ0) is 9.97. The second kappa shape index (κ2) is 3.86. The van der Waals surface area contributed by atoms with Crippen LogP contribution >= 0.6 is 0 Å². The molecule has 1 aromatic rings. The summed E-state index contributed by atoms with van der Waals surface area (Å²) in [5.41, 5.74) is 7.52. The lowest BCUT2D eigenvalue weighted by atomic mass is 10.1. The summed E-state index contributed by atoms with van der Waals surface area (Å²) in [7, 11) is 1.66. The van der Waals surface area contributed by atoms with Gasteiger partial charge in [0.1, 0.15) is 5.75 Å². The van der Waals surface area contributed by atoms with Crippen LogP contribution < -0.4 is 21.1 Å². The van der Waals surface area contributed by atoms with Crippen LogP contribution in [0.15, 0.2) is 18.2 Å². The molecule has 0 saturated carbocycles. The highest BCUT2D eigenvalue weighted by atomic mass is 16.5. The van der Waals surface area contributed by atoms with Crippen molar-refractivity contribution in [2.45, 2.75) is 6.17 Å². The van der Waals surface area contributed by atoms with E-state index in [0.29, 0.717) is 0 Å². The Morgan fingerprint density at radius 1 is 1.36 bits per heavy atom. The van der Waals surface area contributed by atoms with E-state index in [9.17, 15) is 0 Å². The third-order valence-corrected chi connectivity index (χ3v) is 2.39. The Labute approximate surface area is 83.4 Å². The normalized spacial score (nSPS) is 17.2. The summed E-state index contributed by atoms with van der Waals surface area (Å²) < 4.78 is 5.28. The molecular formula is C10H15N3O. The van der Waals surface area contributed by atoms with Gasteiger partial charge in [0, 0.05) is 30.4 Å². The highest BCUT2D eigenvalue weighted by Crippen LogP contribution is 2.26. The van der Waals surface area contributed by atoms with Crippen molar-refractivity contribution in [1.82, 2.24) is 10.6 Å². The van der Waals surface area contributed by atoms with Crippen molar-refractivity contribution < 1.29 is 4.74 Å². The van der Waals surface area contributed by atoms with E-state index < -0.39 is 0 Å². The Bertz CT molecular complexity index is 321. The number of nitrogens with two attached hydrogens (primary N) is 1. The van der Waals surface area contributed by atoms with E-state index in [0.717, 1.165) is 30.1 Å². The molecule has 0 bridgehead atoms. The van der Waals surface area contributed by atoms with Crippen LogP contribution in [0.5, 0.6) is 5.75 Å². The number of methoxy groups -OCH3 is 1. The van der Waals surface area contributed by atoms with Gasteiger partial charge in [0.15, 0.2) is 0 Å². The summed E-state index contributed by atoms with van der Waals surface area (Å²) in [5, 5.41) is 6.67. The molecular weight excluding hydrogens is 178 g/mol. The lowest BCUT2D eigenvalue weighted by Crippen LogP contribution is -2.21. The van der Waals surface area contributed by atoms with Crippen LogP contribution in [0.25, 0.3) is 0 Å². The number of hydrogen-bond donors (Lipinski definition) is 3. The summed E-state index contributed by atoms with van der Waals surface area (Å²) in [4.78, 5) is 0. The van der Waals surface area contributed by atoms with Crippen molar-refractivity contribution in [2.75, 3.05) is 25.9 Å². The minimum atomic E-state index is 0.186. The molecule has 0 amide bonds. The molecule has 4 heteroatoms. The fourth-order valence-corrected chi connectivity index (χ4v) is 1.69. The molecule has 14 heavy (non-hydrogen) atoms. The molecule has 0 radical (unpaired) electrons. The number of nitrogen functional groups attached to an aromatic ring is 1. The molecule has 0 aliphatic carbocycles. The largest absolute Gasteiger partial charge is 0.496 e. The topological polar surface area (TPSA) is 59.3 Å². The van der Waals surface area contributed by atoms with Crippen molar-refractivity contribution >= 4 is 5.69 Å². The number of benzene rings is 1. The molecule has 1 saturated heterocycles. The van der Waals surface area contributed by atoms with Gasteiger partial charge in [0.25, 0.3) is 0 Å². The van der Waals surface area contributed by atoms with Crippen LogP contribution in [0.3, 0.4) is 0 Å². The smallest absolute Gasteiger partial charge is 0.127 e. The molecule has 1 aliphatic heterocycles. The van der Waals surface area contributed by atoms with E-state index in [4.69, 9.17) is 10.5 Å². The van der Waals surface area contributed by atoms with Crippen LogP contribution in [0, 0.1) is 0 Å². The maximum absolute atomic E-state index is 5.68. The lowest BCUT2D eigenvalue weighted by Gasteiger charge is -2.15. The number of rotatable bonds is 2. The molecule has 0 unspecified atom stereocenters. The van der Waals surface area contributed by atoms with Gasteiger partial charge in [-0.2, -0.15) is 0 Å². The maximum atomic E-state index is 5.68. The molecule has 1 heterocycles. The predicted octanol–water partition coefficient (Wildman–Crippen LogP) is 0.469. The molecule has 0 aromatic heterocycles. The first-order valence-electron chi connectivity index (χ1n) is 4.71. The molecule has 4 N–H and O–H groups in total. The van der Waals surface area contributed by atoms with Gasteiger partial charge >= 0.3 is 0 Å². The van der Waals surface area contributed by atoms with Crippen LogP contribution in [0.1, 0.15) is 11.7 Å². The van der Waals surface area contributed by atoms with Gasteiger partial charge in [-0.25, -0.2) is 0 Å². The molecule has 1 aromatic carbocycles. The van der Waals surface area contributed by atoms with E-state index in [1.54, 1.807) is 7.11 Å². The highest BCUT2D eigenvalue weighted by Gasteiger charge is 2.18. The Hall–Kier alpha value is -1.26. The fraction of sp³-hybridized carbons (Fsp3) is 0.400. The number of ether oxygens (including phenoxy) is 1. The zero-order valence-electron chi connectivity index (χ0n) is 8.21. The Kier molecular flexibility index (Phi) is 2.56. The van der Waals surface area contributed by atoms with Gasteiger partial charge in [-0.15, -0.1) is 0 Å². The number of hydrogen-bond acceptors (Lipinski definition) is 4. The van der Waals surface area contributed by atoms with Crippen molar-refractivity contribution in [3.63, 3.8) is 0 Å². The van der Waals surface area contributed by atoms with Crippen molar-refractivity contribution in [3.8, 4) is 5.75 Å². The molecule has 4 nitrogen and oxygen atoms in total. The first kappa shape index (κ1) is 9.30. The third-order valence-electron chi connectivity index (χ3n) is 2.39. The zero-order valence-corrected chi connectivity index (χ0v) is 8.21. The summed E-state index contributed by atoms with van der Waals surface area (Å²) in [6.45, 7) is 1.97. The minimum Gasteiger partial charge on any atom is -0.496 e. The molecule has 76 valence electrons. The van der Waals surface area contributed by atoms with Gasteiger partial charge in [0.2, 0.25) is 0 Å². The van der Waals surface area contributed by atoms with Gasteiger partial charge in [-0.3, -0.25) is 10.6 Å². The molecule has 2 rings (SSSR count). The van der Waals surface area contributed by atoms with Crippen molar-refractivity contribution in [3.05, 3.63) is 23.8 Å². The summed E-state index contributed by atoms with van der Waals surface area (Å²) >= 11 is 0. The highest BCUT2D eigenvalue weighted by molar-refractivity contribution is 5.49. The fourth-order valence-electron chi connectivity index (χ4n) is 1.69. The average Bonchev–Trinajstić information content (AvgIpc) is 2.70. The van der Waals surface area contributed by atoms with Gasteiger partial charge in [-0.05, 0) is 6.07 Å². The van der Waals surface area contributed by atoms with E-state index in [2.05, 4.69) is 10.6 Å². The Morgan fingerprint density at radius 2 is 2.07 bits per heavy atom. The second-order valence-corrected chi connectivity index (χ2v) is 3.34. The third kappa shape index (κ3) is 1.66. The maximum Gasteiger partial charge on any atom is 0.127 e. The minimum absolute atomic E-state index is 0.186. The van der Waals surface area contributed by atoms with Crippen molar-refractivity contribution in [1.29, 1.82) is 0 Å². The van der Waals surface area contributed by atoms with E-state index >= 15 is 0 Å². The van der Waals surface area contributed by atoms with Crippen LogP contribution in [0.2, 0.25) is 0 Å². The first-order valence-corrected chi connectivity index (χ1v) is 4.71. The molecule has 1 aliphatic rings. The monoisotopic (exact) mass is 193 g/mol. The van der Waals surface area contributed by atoms with Crippen LogP contribution in [-0.4, -0.2) is 20.2 Å². The number of nitrogens with one attached hydrogen (secondary N) is 2. The van der Waals surface area contributed by atoms with Gasteiger partial charge in [0.05, 0.1) is 13.3 Å². The summed E-state index contributed by atoms with van der Waals surface area (Å²) in [6.07, 6.45) is 0.186. The number of anilines is 1. The van der Waals surface area contributed by atoms with Crippen molar-refractivity contribution in [2.24, 2.45) is 0 Å². The predicted molar refractivity (Wildman–Crippen MR) is 56.2 cm³/mol. The Balaban J connectivity index is 2.31. The SMILES string of the molecule is COc1cc(N)ccc1C1NCCN1. The van der Waals surface area contributed by atoms with Crippen LogP contribution in [0.4, 0.5) is 5.69 Å². The van der Waals surface area contributed by atoms with Crippen LogP contribution in [-0.2, 0) is 0 Å². The molecule has 0 atom stereocenters. The van der Waals surface area contributed by atoms with E-state index in [1.165, 1.54) is 0 Å². The Morgan fingerprint density at radius 3 is 2.71 bits per heavy atom. The van der Waals surface area contributed by atoms with E-state index in [-0.39, 0.29) is 6.17 Å². The van der Waals surface area contributed by atoms with E-state index in [1.807, 2.05) is 18.2 Å². The standard InChI is InChI=1S/C10H15N3O/c1-14-9-6-7(11)2-3-8(9)10-12-4-5-13-10/h2-3,6,10,12-13H,4-5,11H2,1H3. The lowest BCUT2D eigenvalue weighted by molar-refractivity contribution is 0.400.